The van der Waals surface area contributed by atoms with Gasteiger partial charge in [-0.15, -0.1) is 11.3 Å². The van der Waals surface area contributed by atoms with Crippen LogP contribution >= 0.6 is 35.6 Å². The Morgan fingerprint density at radius 1 is 1.47 bits per heavy atom. The molecule has 0 saturated carbocycles. The molecule has 0 amide bonds. The zero-order valence-electron chi connectivity index (χ0n) is 9.46. The predicted molar refractivity (Wildman–Crippen MR) is 73.3 cm³/mol. The molecular weight excluding hydrogens is 246 g/mol. The van der Waals surface area contributed by atoms with Gasteiger partial charge in [0.15, 0.2) is 0 Å². The van der Waals surface area contributed by atoms with Crippen molar-refractivity contribution in [1.29, 1.82) is 0 Å². The molecule has 1 heterocycles. The Morgan fingerprint density at radius 3 is 2.60 bits per heavy atom. The molecule has 0 atom stereocenters. The third-order valence-electron chi connectivity index (χ3n) is 2.18. The van der Waals surface area contributed by atoms with Crippen LogP contribution in [0.5, 0.6) is 0 Å². The van der Waals surface area contributed by atoms with E-state index in [0.29, 0.717) is 0 Å². The summed E-state index contributed by atoms with van der Waals surface area (Å²) in [4.78, 5) is 3.63. The summed E-state index contributed by atoms with van der Waals surface area (Å²) in [6.45, 7) is 6.48. The standard InChI is InChI=1S/C11H18ClNS2/c1-11(2,8-14)7-13(3)6-9-4-5-10(12)15-9/h4-5,14H,6-8H2,1-3H3. The number of halogens is 1. The molecule has 1 nitrogen and oxygen atoms in total. The molecule has 1 aromatic heterocycles. The molecule has 15 heavy (non-hydrogen) atoms. The summed E-state index contributed by atoms with van der Waals surface area (Å²) in [6, 6.07) is 4.05. The van der Waals surface area contributed by atoms with Gasteiger partial charge in [0, 0.05) is 18.0 Å². The van der Waals surface area contributed by atoms with E-state index >= 15 is 0 Å². The zero-order valence-corrected chi connectivity index (χ0v) is 11.9. The van der Waals surface area contributed by atoms with Crippen LogP contribution in [0.15, 0.2) is 12.1 Å². The number of hydrogen-bond acceptors (Lipinski definition) is 3. The number of thiophene rings is 1. The van der Waals surface area contributed by atoms with Gasteiger partial charge in [0.05, 0.1) is 4.34 Å². The Morgan fingerprint density at radius 2 is 2.13 bits per heavy atom. The zero-order chi connectivity index (χ0) is 11.5. The maximum absolute atomic E-state index is 5.89. The molecule has 0 N–H and O–H groups in total. The van der Waals surface area contributed by atoms with Crippen molar-refractivity contribution in [3.8, 4) is 0 Å². The largest absolute Gasteiger partial charge is 0.301 e. The highest BCUT2D eigenvalue weighted by Crippen LogP contribution is 2.24. The van der Waals surface area contributed by atoms with Gasteiger partial charge in [-0.1, -0.05) is 25.4 Å². The van der Waals surface area contributed by atoms with Crippen molar-refractivity contribution >= 4 is 35.6 Å². The Bertz CT molecular complexity index is 309. The molecule has 0 aromatic carbocycles. The Hall–Kier alpha value is 0.300. The lowest BCUT2D eigenvalue weighted by atomic mass is 9.96. The molecule has 0 unspecified atom stereocenters. The van der Waals surface area contributed by atoms with E-state index in [0.717, 1.165) is 23.2 Å². The normalized spacial score (nSPS) is 12.4. The molecule has 0 spiro atoms. The van der Waals surface area contributed by atoms with Crippen molar-refractivity contribution in [2.75, 3.05) is 19.3 Å². The molecule has 1 aromatic rings. The van der Waals surface area contributed by atoms with E-state index in [-0.39, 0.29) is 5.41 Å². The minimum absolute atomic E-state index is 0.263. The minimum atomic E-state index is 0.263. The summed E-state index contributed by atoms with van der Waals surface area (Å²) in [5.74, 6) is 0.905. The topological polar surface area (TPSA) is 3.24 Å². The molecule has 0 radical (unpaired) electrons. The molecule has 86 valence electrons. The number of hydrogen-bond donors (Lipinski definition) is 1. The minimum Gasteiger partial charge on any atom is -0.301 e. The van der Waals surface area contributed by atoms with Crippen LogP contribution in [-0.2, 0) is 6.54 Å². The quantitative estimate of drug-likeness (QED) is 0.791. The van der Waals surface area contributed by atoms with Crippen molar-refractivity contribution in [2.45, 2.75) is 20.4 Å². The Balaban J connectivity index is 2.46. The molecule has 0 aliphatic carbocycles. The van der Waals surface area contributed by atoms with Gasteiger partial charge < -0.3 is 4.90 Å². The van der Waals surface area contributed by atoms with E-state index < -0.39 is 0 Å². The first-order chi connectivity index (χ1) is 6.93. The summed E-state index contributed by atoms with van der Waals surface area (Å²) in [5.41, 5.74) is 0.263. The van der Waals surface area contributed by atoms with Gasteiger partial charge >= 0.3 is 0 Å². The second-order valence-corrected chi connectivity index (χ2v) is 6.82. The smallest absolute Gasteiger partial charge is 0.0931 e. The maximum atomic E-state index is 5.89. The van der Waals surface area contributed by atoms with Crippen LogP contribution in [0, 0.1) is 5.41 Å². The molecule has 0 fully saturated rings. The van der Waals surface area contributed by atoms with Crippen LogP contribution in [-0.4, -0.2) is 24.2 Å². The lowest BCUT2D eigenvalue weighted by molar-refractivity contribution is 0.226. The first-order valence-electron chi connectivity index (χ1n) is 4.96. The molecule has 4 heteroatoms. The van der Waals surface area contributed by atoms with Gasteiger partial charge in [0.1, 0.15) is 0 Å². The average molecular weight is 264 g/mol. The van der Waals surface area contributed by atoms with Gasteiger partial charge in [-0.3, -0.25) is 0 Å². The predicted octanol–water partition coefficient (Wildman–Crippen LogP) is 3.79. The van der Waals surface area contributed by atoms with E-state index in [2.05, 4.69) is 44.5 Å². The second-order valence-electron chi connectivity index (χ2n) is 4.70. The fraction of sp³-hybridized carbons (Fsp3) is 0.636. The first kappa shape index (κ1) is 13.4. The summed E-state index contributed by atoms with van der Waals surface area (Å²) in [6.07, 6.45) is 0. The molecule has 0 bridgehead atoms. The van der Waals surface area contributed by atoms with Gasteiger partial charge in [-0.05, 0) is 30.3 Å². The van der Waals surface area contributed by atoms with Crippen LogP contribution in [0.3, 0.4) is 0 Å². The molecular formula is C11H18ClNS2. The SMILES string of the molecule is CN(Cc1ccc(Cl)s1)CC(C)(C)CS. The van der Waals surface area contributed by atoms with E-state index in [1.165, 1.54) is 4.88 Å². The fourth-order valence-corrected chi connectivity index (χ4v) is 2.81. The van der Waals surface area contributed by atoms with Crippen molar-refractivity contribution in [3.05, 3.63) is 21.3 Å². The highest BCUT2D eigenvalue weighted by molar-refractivity contribution is 7.80. The number of thiol groups is 1. The molecule has 0 aliphatic rings. The molecule has 0 saturated heterocycles. The highest BCUT2D eigenvalue weighted by Gasteiger charge is 2.18. The van der Waals surface area contributed by atoms with Gasteiger partial charge in [-0.25, -0.2) is 0 Å². The van der Waals surface area contributed by atoms with Gasteiger partial charge in [0.2, 0.25) is 0 Å². The second kappa shape index (κ2) is 5.58. The number of rotatable bonds is 5. The fourth-order valence-electron chi connectivity index (χ4n) is 1.54. The average Bonchev–Trinajstić information content (AvgIpc) is 2.50. The summed E-state index contributed by atoms with van der Waals surface area (Å²) >= 11 is 11.9. The Kier molecular flexibility index (Phi) is 4.97. The van der Waals surface area contributed by atoms with Crippen LogP contribution in [0.1, 0.15) is 18.7 Å². The van der Waals surface area contributed by atoms with Crippen LogP contribution in [0.4, 0.5) is 0 Å². The summed E-state index contributed by atoms with van der Waals surface area (Å²) in [7, 11) is 2.14. The van der Waals surface area contributed by atoms with Crippen molar-refractivity contribution < 1.29 is 0 Å². The maximum Gasteiger partial charge on any atom is 0.0931 e. The third-order valence-corrected chi connectivity index (χ3v) is 4.25. The van der Waals surface area contributed by atoms with Crippen LogP contribution in [0.25, 0.3) is 0 Å². The first-order valence-corrected chi connectivity index (χ1v) is 6.79. The molecule has 0 aliphatic heterocycles. The lowest BCUT2D eigenvalue weighted by Crippen LogP contribution is -2.32. The summed E-state index contributed by atoms with van der Waals surface area (Å²) < 4.78 is 0.867. The van der Waals surface area contributed by atoms with Gasteiger partial charge in [-0.2, -0.15) is 12.6 Å². The lowest BCUT2D eigenvalue weighted by Gasteiger charge is -2.28. The van der Waals surface area contributed by atoms with E-state index in [1.807, 2.05) is 6.07 Å². The summed E-state index contributed by atoms with van der Waals surface area (Å²) in [5, 5.41) is 0. The third kappa shape index (κ3) is 4.77. The van der Waals surface area contributed by atoms with E-state index in [9.17, 15) is 0 Å². The van der Waals surface area contributed by atoms with Crippen molar-refractivity contribution in [1.82, 2.24) is 4.90 Å². The van der Waals surface area contributed by atoms with Gasteiger partial charge in [0.25, 0.3) is 0 Å². The van der Waals surface area contributed by atoms with Crippen molar-refractivity contribution in [2.24, 2.45) is 5.41 Å². The van der Waals surface area contributed by atoms with E-state index in [1.54, 1.807) is 11.3 Å². The highest BCUT2D eigenvalue weighted by atomic mass is 35.5. The van der Waals surface area contributed by atoms with Crippen molar-refractivity contribution in [3.63, 3.8) is 0 Å². The number of nitrogens with zero attached hydrogens (tertiary/aromatic N) is 1. The monoisotopic (exact) mass is 263 g/mol. The molecule has 1 rings (SSSR count). The van der Waals surface area contributed by atoms with Crippen LogP contribution < -0.4 is 0 Å². The Labute approximate surface area is 107 Å². The van der Waals surface area contributed by atoms with E-state index in [4.69, 9.17) is 11.6 Å². The van der Waals surface area contributed by atoms with Crippen LogP contribution in [0.2, 0.25) is 4.34 Å².